The van der Waals surface area contributed by atoms with Gasteiger partial charge in [-0.3, -0.25) is 4.90 Å². The average Bonchev–Trinajstić information content (AvgIpc) is 2.84. The normalized spacial score (nSPS) is 17.7. The highest BCUT2D eigenvalue weighted by Crippen LogP contribution is 2.39. The summed E-state index contributed by atoms with van der Waals surface area (Å²) in [6.45, 7) is 4.96. The van der Waals surface area contributed by atoms with Crippen molar-refractivity contribution in [2.24, 2.45) is 0 Å². The van der Waals surface area contributed by atoms with Gasteiger partial charge in [-0.25, -0.2) is 4.98 Å². The number of alkyl halides is 3. The van der Waals surface area contributed by atoms with Gasteiger partial charge in [-0.2, -0.15) is 13.2 Å². The number of aliphatic hydroxyl groups is 1. The first-order valence-electron chi connectivity index (χ1n) is 7.67. The molecule has 1 fully saturated rings. The molecular weight excluding hydrogens is 309 g/mol. The quantitative estimate of drug-likeness (QED) is 0.929. The Hall–Kier alpha value is -1.60. The fraction of sp³-hybridized carbons (Fsp3) is 0.562. The zero-order chi connectivity index (χ0) is 16.8. The summed E-state index contributed by atoms with van der Waals surface area (Å²) in [6.07, 6.45) is -3.54. The van der Waals surface area contributed by atoms with Crippen molar-refractivity contribution in [3.63, 3.8) is 0 Å². The number of fused-ring (bicyclic) bond motifs is 1. The lowest BCUT2D eigenvalue weighted by Crippen LogP contribution is -2.41. The van der Waals surface area contributed by atoms with E-state index in [1.165, 1.54) is 0 Å². The lowest BCUT2D eigenvalue weighted by atomic mass is 9.99. The van der Waals surface area contributed by atoms with Gasteiger partial charge in [-0.1, -0.05) is 13.8 Å². The van der Waals surface area contributed by atoms with Crippen LogP contribution in [-0.4, -0.2) is 34.7 Å². The maximum atomic E-state index is 13.4. The van der Waals surface area contributed by atoms with Crippen molar-refractivity contribution >= 4 is 11.1 Å². The third-order valence-electron chi connectivity index (χ3n) is 4.22. The van der Waals surface area contributed by atoms with Gasteiger partial charge in [-0.15, -0.1) is 0 Å². The van der Waals surface area contributed by atoms with Gasteiger partial charge in [0.25, 0.3) is 0 Å². The lowest BCUT2D eigenvalue weighted by molar-refractivity contribution is -0.137. The summed E-state index contributed by atoms with van der Waals surface area (Å²) >= 11 is 0. The van der Waals surface area contributed by atoms with Gasteiger partial charge in [0.15, 0.2) is 11.5 Å². The van der Waals surface area contributed by atoms with Crippen LogP contribution < -0.4 is 0 Å². The minimum atomic E-state index is -4.53. The van der Waals surface area contributed by atoms with Crippen LogP contribution in [0.5, 0.6) is 0 Å². The third-order valence-corrected chi connectivity index (χ3v) is 4.22. The Kier molecular flexibility index (Phi) is 4.10. The summed E-state index contributed by atoms with van der Waals surface area (Å²) < 4.78 is 45.6. The molecule has 23 heavy (non-hydrogen) atoms. The number of aromatic nitrogens is 1. The highest BCUT2D eigenvalue weighted by Gasteiger charge is 2.37. The first-order chi connectivity index (χ1) is 10.8. The van der Waals surface area contributed by atoms with E-state index in [1.54, 1.807) is 6.07 Å². The third kappa shape index (κ3) is 2.95. The van der Waals surface area contributed by atoms with Gasteiger partial charge < -0.3 is 9.52 Å². The van der Waals surface area contributed by atoms with E-state index in [1.807, 2.05) is 18.7 Å². The minimum Gasteiger partial charge on any atom is -0.440 e. The summed E-state index contributed by atoms with van der Waals surface area (Å²) in [5.41, 5.74) is -0.443. The number of hydrogen-bond donors (Lipinski definition) is 1. The van der Waals surface area contributed by atoms with Gasteiger partial charge in [-0.05, 0) is 24.1 Å². The van der Waals surface area contributed by atoms with Crippen LogP contribution in [-0.2, 0) is 6.18 Å². The number of benzene rings is 1. The monoisotopic (exact) mass is 328 g/mol. The molecule has 0 saturated carbocycles. The molecule has 1 aromatic heterocycles. The van der Waals surface area contributed by atoms with Gasteiger partial charge in [0.2, 0.25) is 0 Å². The SMILES string of the molecule is CC(C)c1nc2cc(C(CO)N3CCC3)cc(C(F)(F)F)c2o1. The Labute approximate surface area is 131 Å². The van der Waals surface area contributed by atoms with Gasteiger partial charge >= 0.3 is 6.18 Å². The van der Waals surface area contributed by atoms with E-state index in [0.717, 1.165) is 25.6 Å². The second-order valence-electron chi connectivity index (χ2n) is 6.21. The lowest BCUT2D eigenvalue weighted by Gasteiger charge is -2.37. The van der Waals surface area contributed by atoms with E-state index < -0.39 is 17.8 Å². The van der Waals surface area contributed by atoms with Crippen LogP contribution in [0, 0.1) is 0 Å². The molecule has 1 aromatic carbocycles. The second kappa shape index (κ2) is 5.79. The molecule has 1 saturated heterocycles. The Morgan fingerprint density at radius 2 is 2.00 bits per heavy atom. The minimum absolute atomic E-state index is 0.101. The number of hydrogen-bond acceptors (Lipinski definition) is 4. The van der Waals surface area contributed by atoms with E-state index >= 15 is 0 Å². The van der Waals surface area contributed by atoms with Crippen LogP contribution in [0.3, 0.4) is 0 Å². The fourth-order valence-corrected chi connectivity index (χ4v) is 2.81. The Morgan fingerprint density at radius 3 is 2.48 bits per heavy atom. The van der Waals surface area contributed by atoms with Crippen LogP contribution >= 0.6 is 0 Å². The molecule has 0 aliphatic carbocycles. The van der Waals surface area contributed by atoms with Crippen LogP contribution in [0.4, 0.5) is 13.2 Å². The molecule has 7 heteroatoms. The van der Waals surface area contributed by atoms with Crippen LogP contribution in [0.15, 0.2) is 16.5 Å². The van der Waals surface area contributed by atoms with E-state index in [2.05, 4.69) is 4.98 Å². The van der Waals surface area contributed by atoms with E-state index in [-0.39, 0.29) is 29.5 Å². The number of aliphatic hydroxyl groups excluding tert-OH is 1. The highest BCUT2D eigenvalue weighted by atomic mass is 19.4. The second-order valence-corrected chi connectivity index (χ2v) is 6.21. The maximum absolute atomic E-state index is 13.4. The maximum Gasteiger partial charge on any atom is 0.420 e. The van der Waals surface area contributed by atoms with Crippen molar-refractivity contribution < 1.29 is 22.7 Å². The first-order valence-corrected chi connectivity index (χ1v) is 7.67. The summed E-state index contributed by atoms with van der Waals surface area (Å²) in [6, 6.07) is 2.24. The molecule has 126 valence electrons. The highest BCUT2D eigenvalue weighted by molar-refractivity contribution is 5.78. The van der Waals surface area contributed by atoms with Gasteiger partial charge in [0, 0.05) is 19.0 Å². The number of nitrogens with zero attached hydrogens (tertiary/aromatic N) is 2. The zero-order valence-electron chi connectivity index (χ0n) is 13.0. The number of rotatable bonds is 4. The molecule has 3 rings (SSSR count). The largest absolute Gasteiger partial charge is 0.440 e. The molecule has 1 unspecified atom stereocenters. The first kappa shape index (κ1) is 16.3. The molecule has 2 heterocycles. The van der Waals surface area contributed by atoms with Crippen LogP contribution in [0.25, 0.3) is 11.1 Å². The van der Waals surface area contributed by atoms with E-state index in [0.29, 0.717) is 5.56 Å². The molecule has 2 aromatic rings. The van der Waals surface area contributed by atoms with Crippen molar-refractivity contribution in [2.45, 2.75) is 38.4 Å². The van der Waals surface area contributed by atoms with Crippen molar-refractivity contribution in [2.75, 3.05) is 19.7 Å². The van der Waals surface area contributed by atoms with Crippen molar-refractivity contribution in [3.8, 4) is 0 Å². The average molecular weight is 328 g/mol. The molecule has 0 amide bonds. The number of halogens is 3. The Balaban J connectivity index is 2.15. The fourth-order valence-electron chi connectivity index (χ4n) is 2.81. The molecule has 0 spiro atoms. The summed E-state index contributed by atoms with van der Waals surface area (Å²) in [5, 5.41) is 9.61. The summed E-state index contributed by atoms with van der Waals surface area (Å²) in [7, 11) is 0. The Morgan fingerprint density at radius 1 is 1.30 bits per heavy atom. The van der Waals surface area contributed by atoms with E-state index in [9.17, 15) is 18.3 Å². The predicted molar refractivity (Wildman–Crippen MR) is 79.1 cm³/mol. The van der Waals surface area contributed by atoms with Crippen molar-refractivity contribution in [1.29, 1.82) is 0 Å². The smallest absolute Gasteiger partial charge is 0.420 e. The van der Waals surface area contributed by atoms with Gasteiger partial charge in [0.1, 0.15) is 11.1 Å². The van der Waals surface area contributed by atoms with Gasteiger partial charge in [0.05, 0.1) is 12.6 Å². The summed E-state index contributed by atoms with van der Waals surface area (Å²) in [4.78, 5) is 6.16. The number of oxazole rings is 1. The van der Waals surface area contributed by atoms with Crippen molar-refractivity contribution in [3.05, 3.63) is 29.2 Å². The molecule has 1 aliphatic heterocycles. The molecule has 0 radical (unpaired) electrons. The standard InChI is InChI=1S/C16H19F3N2O2/c1-9(2)15-20-12-7-10(13(8-22)21-4-3-5-21)6-11(14(12)23-15)16(17,18)19/h6-7,9,13,22H,3-5,8H2,1-2H3. The molecule has 4 nitrogen and oxygen atoms in total. The van der Waals surface area contributed by atoms with Crippen molar-refractivity contribution in [1.82, 2.24) is 9.88 Å². The topological polar surface area (TPSA) is 49.5 Å². The molecule has 0 bridgehead atoms. The van der Waals surface area contributed by atoms with Crippen LogP contribution in [0.1, 0.15) is 49.2 Å². The van der Waals surface area contributed by atoms with E-state index in [4.69, 9.17) is 4.42 Å². The molecule has 1 aliphatic rings. The molecular formula is C16H19F3N2O2. The van der Waals surface area contributed by atoms with Crippen LogP contribution in [0.2, 0.25) is 0 Å². The number of likely N-dealkylation sites (tertiary alicyclic amines) is 1. The molecule has 1 N–H and O–H groups in total. The molecule has 1 atom stereocenters. The zero-order valence-corrected chi connectivity index (χ0v) is 13.0. The predicted octanol–water partition coefficient (Wildman–Crippen LogP) is 3.71. The summed E-state index contributed by atoms with van der Waals surface area (Å²) in [5.74, 6) is 0.183. The Bertz CT molecular complexity index is 705.